The van der Waals surface area contributed by atoms with E-state index in [-0.39, 0.29) is 18.3 Å². The second-order valence-corrected chi connectivity index (χ2v) is 7.12. The number of amides is 1. The van der Waals surface area contributed by atoms with E-state index in [4.69, 9.17) is 11.6 Å². The molecule has 1 atom stereocenters. The second kappa shape index (κ2) is 6.79. The molecule has 4 rings (SSSR count). The van der Waals surface area contributed by atoms with Crippen LogP contribution in [0.15, 0.2) is 54.7 Å². The van der Waals surface area contributed by atoms with E-state index in [1.165, 1.54) is 18.3 Å². The molecule has 3 aromatic rings. The van der Waals surface area contributed by atoms with Crippen molar-refractivity contribution in [1.82, 2.24) is 15.1 Å². The molecule has 27 heavy (non-hydrogen) atoms. The van der Waals surface area contributed by atoms with Crippen LogP contribution in [0, 0.1) is 5.82 Å². The molecule has 1 aromatic heterocycles. The lowest BCUT2D eigenvalue weighted by Gasteiger charge is -2.24. The van der Waals surface area contributed by atoms with Crippen molar-refractivity contribution in [3.05, 3.63) is 76.7 Å². The molecule has 1 fully saturated rings. The first kappa shape index (κ1) is 17.7. The van der Waals surface area contributed by atoms with Crippen LogP contribution in [-0.4, -0.2) is 39.2 Å². The predicted molar refractivity (Wildman–Crippen MR) is 99.9 cm³/mol. The largest absolute Gasteiger partial charge is 0.383 e. The third-order valence-corrected chi connectivity index (χ3v) is 5.13. The molecule has 1 aliphatic rings. The highest BCUT2D eigenvalue weighted by Crippen LogP contribution is 2.34. The molecule has 7 heteroatoms. The Morgan fingerprint density at radius 3 is 2.78 bits per heavy atom. The summed E-state index contributed by atoms with van der Waals surface area (Å²) < 4.78 is 13.2. The van der Waals surface area contributed by atoms with Gasteiger partial charge in [-0.2, -0.15) is 5.10 Å². The number of aromatic nitrogens is 2. The first-order valence-corrected chi connectivity index (χ1v) is 8.91. The van der Waals surface area contributed by atoms with Gasteiger partial charge in [-0.3, -0.25) is 9.89 Å². The number of halogens is 2. The van der Waals surface area contributed by atoms with Crippen LogP contribution in [0.1, 0.15) is 22.3 Å². The Hall–Kier alpha value is -2.70. The van der Waals surface area contributed by atoms with E-state index in [0.29, 0.717) is 34.8 Å². The van der Waals surface area contributed by atoms with Crippen LogP contribution < -0.4 is 0 Å². The lowest BCUT2D eigenvalue weighted by Crippen LogP contribution is -2.34. The highest BCUT2D eigenvalue weighted by molar-refractivity contribution is 6.30. The van der Waals surface area contributed by atoms with Gasteiger partial charge in [-0.1, -0.05) is 35.9 Å². The van der Waals surface area contributed by atoms with Crippen molar-refractivity contribution in [3.63, 3.8) is 0 Å². The number of likely N-dealkylation sites (tertiary alicyclic amines) is 1. The lowest BCUT2D eigenvalue weighted by molar-refractivity contribution is 0.0417. The molecule has 2 N–H and O–H groups in total. The Balaban J connectivity index is 1.58. The topological polar surface area (TPSA) is 69.2 Å². The summed E-state index contributed by atoms with van der Waals surface area (Å²) in [4.78, 5) is 14.6. The zero-order chi connectivity index (χ0) is 19.0. The summed E-state index contributed by atoms with van der Waals surface area (Å²) in [5.74, 6) is -0.588. The van der Waals surface area contributed by atoms with E-state index < -0.39 is 5.60 Å². The summed E-state index contributed by atoms with van der Waals surface area (Å²) in [7, 11) is 0. The van der Waals surface area contributed by atoms with Crippen molar-refractivity contribution in [2.24, 2.45) is 0 Å². The summed E-state index contributed by atoms with van der Waals surface area (Å²) in [6.07, 6.45) is 1.86. The van der Waals surface area contributed by atoms with Crippen molar-refractivity contribution in [1.29, 1.82) is 0 Å². The van der Waals surface area contributed by atoms with Gasteiger partial charge in [-0.15, -0.1) is 0 Å². The smallest absolute Gasteiger partial charge is 0.257 e. The summed E-state index contributed by atoms with van der Waals surface area (Å²) in [6.45, 7) is 0.532. The average molecular weight is 386 g/mol. The number of aromatic amines is 1. The van der Waals surface area contributed by atoms with Gasteiger partial charge >= 0.3 is 0 Å². The van der Waals surface area contributed by atoms with E-state index in [0.717, 1.165) is 5.56 Å². The van der Waals surface area contributed by atoms with Gasteiger partial charge in [0.15, 0.2) is 0 Å². The van der Waals surface area contributed by atoms with Gasteiger partial charge in [0.2, 0.25) is 0 Å². The fourth-order valence-electron chi connectivity index (χ4n) is 3.45. The van der Waals surface area contributed by atoms with Gasteiger partial charge < -0.3 is 10.0 Å². The summed E-state index contributed by atoms with van der Waals surface area (Å²) in [6, 6.07) is 12.9. The first-order valence-electron chi connectivity index (χ1n) is 8.53. The normalized spacial score (nSPS) is 19.4. The van der Waals surface area contributed by atoms with Crippen LogP contribution in [0.25, 0.3) is 11.3 Å². The van der Waals surface area contributed by atoms with Crippen LogP contribution in [0.2, 0.25) is 5.02 Å². The van der Waals surface area contributed by atoms with Crippen LogP contribution in [0.3, 0.4) is 0 Å². The molecule has 1 aliphatic heterocycles. The zero-order valence-electron chi connectivity index (χ0n) is 14.3. The third kappa shape index (κ3) is 3.34. The molecular weight excluding hydrogens is 369 g/mol. The van der Waals surface area contributed by atoms with Crippen molar-refractivity contribution in [2.45, 2.75) is 12.0 Å². The summed E-state index contributed by atoms with van der Waals surface area (Å²) in [5, 5.41) is 18.4. The lowest BCUT2D eigenvalue weighted by atomic mass is 9.93. The zero-order valence-corrected chi connectivity index (χ0v) is 15.1. The minimum Gasteiger partial charge on any atom is -0.383 e. The number of rotatable bonds is 3. The van der Waals surface area contributed by atoms with Gasteiger partial charge in [0.05, 0.1) is 24.0 Å². The molecule has 1 amide bonds. The number of aliphatic hydroxyl groups is 1. The molecule has 0 bridgehead atoms. The fourth-order valence-corrected chi connectivity index (χ4v) is 3.64. The molecule has 5 nitrogen and oxygen atoms in total. The van der Waals surface area contributed by atoms with E-state index in [1.54, 1.807) is 35.2 Å². The SMILES string of the molecule is O=C(c1cn[nH]c1-c1cccc(Cl)c1)N1CCC(O)(c2ccc(F)cc2)C1. The number of carbonyl (C=O) groups excluding carboxylic acids is 1. The Labute approximate surface area is 160 Å². The highest BCUT2D eigenvalue weighted by Gasteiger charge is 2.40. The maximum absolute atomic E-state index is 13.2. The number of hydrogen-bond donors (Lipinski definition) is 2. The van der Waals surface area contributed by atoms with Crippen LogP contribution >= 0.6 is 11.6 Å². The van der Waals surface area contributed by atoms with Gasteiger partial charge in [-0.25, -0.2) is 4.39 Å². The second-order valence-electron chi connectivity index (χ2n) is 6.68. The van der Waals surface area contributed by atoms with Crippen LogP contribution in [-0.2, 0) is 5.60 Å². The maximum Gasteiger partial charge on any atom is 0.257 e. The van der Waals surface area contributed by atoms with Crippen molar-refractivity contribution in [2.75, 3.05) is 13.1 Å². The fraction of sp³-hybridized carbons (Fsp3) is 0.200. The number of nitrogens with one attached hydrogen (secondary N) is 1. The molecule has 138 valence electrons. The number of H-pyrrole nitrogens is 1. The van der Waals surface area contributed by atoms with Crippen LogP contribution in [0.5, 0.6) is 0 Å². The third-order valence-electron chi connectivity index (χ3n) is 4.90. The molecule has 2 heterocycles. The highest BCUT2D eigenvalue weighted by atomic mass is 35.5. The Bertz CT molecular complexity index is 989. The van der Waals surface area contributed by atoms with E-state index in [9.17, 15) is 14.3 Å². The number of nitrogens with zero attached hydrogens (tertiary/aromatic N) is 2. The number of carbonyl (C=O) groups is 1. The molecule has 0 saturated carbocycles. The number of hydrogen-bond acceptors (Lipinski definition) is 3. The Kier molecular flexibility index (Phi) is 4.45. The molecule has 0 spiro atoms. The minimum absolute atomic E-state index is 0.137. The van der Waals surface area contributed by atoms with E-state index in [1.807, 2.05) is 6.07 Å². The summed E-state index contributed by atoms with van der Waals surface area (Å²) >= 11 is 6.05. The molecule has 1 saturated heterocycles. The van der Waals surface area contributed by atoms with Gasteiger partial charge in [0.1, 0.15) is 11.4 Å². The number of benzene rings is 2. The standard InChI is InChI=1S/C20H17ClFN3O2/c21-15-3-1-2-13(10-15)18-17(11-23-24-18)19(26)25-9-8-20(27,12-25)14-4-6-16(22)7-5-14/h1-7,10-11,27H,8-9,12H2,(H,23,24). The van der Waals surface area contributed by atoms with Gasteiger partial charge in [0.25, 0.3) is 5.91 Å². The maximum atomic E-state index is 13.2. The van der Waals surface area contributed by atoms with Crippen LogP contribution in [0.4, 0.5) is 4.39 Å². The molecule has 2 aromatic carbocycles. The van der Waals surface area contributed by atoms with Crippen molar-refractivity contribution < 1.29 is 14.3 Å². The van der Waals surface area contributed by atoms with Crippen molar-refractivity contribution >= 4 is 17.5 Å². The molecule has 0 radical (unpaired) electrons. The molecule has 0 aliphatic carbocycles. The molecular formula is C20H17ClFN3O2. The van der Waals surface area contributed by atoms with Crippen molar-refractivity contribution in [3.8, 4) is 11.3 Å². The summed E-state index contributed by atoms with van der Waals surface area (Å²) in [5.41, 5.74) is 1.17. The van der Waals surface area contributed by atoms with E-state index in [2.05, 4.69) is 10.2 Å². The predicted octanol–water partition coefficient (Wildman–Crippen LogP) is 3.60. The number of β-amino-alcohol motifs (C(OH)–C–C–N with tert-alkyl or cyclic N) is 1. The first-order chi connectivity index (χ1) is 13.0. The van der Waals surface area contributed by atoms with Gasteiger partial charge in [0, 0.05) is 17.1 Å². The molecule has 1 unspecified atom stereocenters. The average Bonchev–Trinajstić information content (AvgIpc) is 3.29. The Morgan fingerprint density at radius 1 is 1.26 bits per heavy atom. The quantitative estimate of drug-likeness (QED) is 0.723. The van der Waals surface area contributed by atoms with E-state index >= 15 is 0 Å². The van der Waals surface area contributed by atoms with Gasteiger partial charge in [-0.05, 0) is 36.2 Å². The monoisotopic (exact) mass is 385 g/mol. The minimum atomic E-state index is -1.19. The Morgan fingerprint density at radius 2 is 2.04 bits per heavy atom.